The molecule has 3 aromatic carbocycles. The maximum absolute atomic E-state index is 12.8. The molecule has 10 heteroatoms. The van der Waals surface area contributed by atoms with Crippen molar-refractivity contribution in [2.45, 2.75) is 6.42 Å². The number of carbonyl (C=O) groups excluding carboxylic acids is 2. The second-order valence-corrected chi connectivity index (χ2v) is 8.87. The molecule has 0 aliphatic rings. The van der Waals surface area contributed by atoms with E-state index in [-0.39, 0.29) is 18.2 Å². The van der Waals surface area contributed by atoms with Crippen LogP contribution in [0.1, 0.15) is 15.9 Å². The highest BCUT2D eigenvalue weighted by Gasteiger charge is 2.17. The number of benzene rings is 3. The number of methoxy groups -OCH3 is 2. The highest BCUT2D eigenvalue weighted by molar-refractivity contribution is 6.04. The molecular weight excluding hydrogens is 508 g/mol. The van der Waals surface area contributed by atoms with Crippen LogP contribution in [-0.4, -0.2) is 47.5 Å². The molecule has 202 valence electrons. The van der Waals surface area contributed by atoms with Crippen LogP contribution in [0.4, 0.5) is 17.2 Å². The van der Waals surface area contributed by atoms with Crippen LogP contribution < -0.4 is 25.4 Å². The molecule has 2 amide bonds. The van der Waals surface area contributed by atoms with Gasteiger partial charge in [0, 0.05) is 54.2 Å². The number of anilines is 3. The van der Waals surface area contributed by atoms with E-state index >= 15 is 0 Å². The number of fused-ring (bicyclic) bond motifs is 1. The van der Waals surface area contributed by atoms with Gasteiger partial charge in [-0.15, -0.1) is 0 Å². The number of ether oxygens (including phenoxy) is 2. The Labute approximate surface area is 231 Å². The van der Waals surface area contributed by atoms with Gasteiger partial charge >= 0.3 is 0 Å². The van der Waals surface area contributed by atoms with Crippen molar-refractivity contribution in [3.8, 4) is 22.8 Å². The monoisotopic (exact) mass is 536 g/mol. The minimum atomic E-state index is -0.237. The summed E-state index contributed by atoms with van der Waals surface area (Å²) >= 11 is 0. The van der Waals surface area contributed by atoms with E-state index in [2.05, 4.69) is 20.9 Å². The number of carbonyl (C=O) groups is 2. The van der Waals surface area contributed by atoms with E-state index in [1.165, 1.54) is 0 Å². The lowest BCUT2D eigenvalue weighted by Crippen LogP contribution is -2.20. The molecule has 2 aromatic heterocycles. The standard InChI is InChI=1S/C30H28N6O4/c1-31-27(37)15-20-9-10-21(34-30(38)19-7-5-4-6-8-19)16-23(20)24-18-36-14-13-32-29(36)28(35-24)33-22-11-12-25(39-2)26(17-22)40-3/h4-14,16-18H,15H2,1-3H3,(H,31,37)(H,33,35)(H,34,38). The molecule has 0 aliphatic carbocycles. The first-order valence-corrected chi connectivity index (χ1v) is 12.5. The van der Waals surface area contributed by atoms with Crippen LogP contribution in [0.3, 0.4) is 0 Å². The van der Waals surface area contributed by atoms with Crippen LogP contribution >= 0.6 is 0 Å². The van der Waals surface area contributed by atoms with Gasteiger partial charge in [-0.1, -0.05) is 24.3 Å². The lowest BCUT2D eigenvalue weighted by molar-refractivity contribution is -0.119. The smallest absolute Gasteiger partial charge is 0.255 e. The predicted octanol–water partition coefficient (Wildman–Crippen LogP) is 4.70. The zero-order valence-electron chi connectivity index (χ0n) is 22.3. The Morgan fingerprint density at radius 2 is 1.70 bits per heavy atom. The minimum absolute atomic E-state index is 0.140. The molecule has 0 fully saturated rings. The van der Waals surface area contributed by atoms with E-state index in [9.17, 15) is 9.59 Å². The average molecular weight is 537 g/mol. The van der Waals surface area contributed by atoms with Crippen LogP contribution in [0.25, 0.3) is 16.9 Å². The molecule has 2 heterocycles. The number of aromatic nitrogens is 3. The lowest BCUT2D eigenvalue weighted by atomic mass is 10.0. The topological polar surface area (TPSA) is 119 Å². The summed E-state index contributed by atoms with van der Waals surface area (Å²) in [7, 11) is 4.75. The van der Waals surface area contributed by atoms with Crippen molar-refractivity contribution < 1.29 is 19.1 Å². The van der Waals surface area contributed by atoms with Crippen LogP contribution in [0, 0.1) is 0 Å². The first-order chi connectivity index (χ1) is 19.5. The molecule has 40 heavy (non-hydrogen) atoms. The van der Waals surface area contributed by atoms with E-state index in [4.69, 9.17) is 14.5 Å². The molecule has 0 aliphatic heterocycles. The third-order valence-corrected chi connectivity index (χ3v) is 6.33. The Balaban J connectivity index is 1.57. The van der Waals surface area contributed by atoms with Crippen molar-refractivity contribution in [1.82, 2.24) is 19.7 Å². The fourth-order valence-electron chi connectivity index (χ4n) is 4.30. The molecule has 10 nitrogen and oxygen atoms in total. The summed E-state index contributed by atoms with van der Waals surface area (Å²) < 4.78 is 12.6. The van der Waals surface area contributed by atoms with Gasteiger partial charge in [0.25, 0.3) is 5.91 Å². The quantitative estimate of drug-likeness (QED) is 0.250. The molecule has 0 unspecified atom stereocenters. The lowest BCUT2D eigenvalue weighted by Gasteiger charge is -2.15. The summed E-state index contributed by atoms with van der Waals surface area (Å²) in [6.07, 6.45) is 5.48. The number of imidazole rings is 1. The maximum atomic E-state index is 12.8. The summed E-state index contributed by atoms with van der Waals surface area (Å²) in [6.45, 7) is 0. The van der Waals surface area contributed by atoms with Crippen molar-refractivity contribution in [1.29, 1.82) is 0 Å². The van der Waals surface area contributed by atoms with E-state index in [1.54, 1.807) is 51.7 Å². The molecule has 3 N–H and O–H groups in total. The van der Waals surface area contributed by atoms with E-state index in [1.807, 2.05) is 59.3 Å². The van der Waals surface area contributed by atoms with Crippen LogP contribution in [-0.2, 0) is 11.2 Å². The summed E-state index contributed by atoms with van der Waals surface area (Å²) in [6, 6.07) is 19.9. The molecule has 5 aromatic rings. The molecule has 0 saturated heterocycles. The fraction of sp³-hybridized carbons (Fsp3) is 0.133. The third kappa shape index (κ3) is 5.56. The molecule has 0 radical (unpaired) electrons. The SMILES string of the molecule is CNC(=O)Cc1ccc(NC(=O)c2ccccc2)cc1-c1cn2ccnc2c(Nc2ccc(OC)c(OC)c2)n1. The van der Waals surface area contributed by atoms with Gasteiger partial charge in [0.05, 0.1) is 26.3 Å². The Morgan fingerprint density at radius 1 is 0.925 bits per heavy atom. The van der Waals surface area contributed by atoms with Crippen molar-refractivity contribution in [3.05, 3.63) is 96.4 Å². The van der Waals surface area contributed by atoms with Gasteiger partial charge < -0.3 is 29.8 Å². The number of hydrogen-bond acceptors (Lipinski definition) is 7. The number of hydrogen-bond donors (Lipinski definition) is 3. The number of nitrogens with zero attached hydrogens (tertiary/aromatic N) is 3. The summed E-state index contributed by atoms with van der Waals surface area (Å²) in [5.74, 6) is 1.29. The Hall–Kier alpha value is -5.38. The van der Waals surface area contributed by atoms with Crippen molar-refractivity contribution in [2.75, 3.05) is 31.9 Å². The van der Waals surface area contributed by atoms with Gasteiger partial charge in [-0.05, 0) is 42.0 Å². The first-order valence-electron chi connectivity index (χ1n) is 12.5. The normalized spacial score (nSPS) is 10.7. The highest BCUT2D eigenvalue weighted by atomic mass is 16.5. The van der Waals surface area contributed by atoms with E-state index in [0.29, 0.717) is 45.5 Å². The molecular formula is C30H28N6O4. The average Bonchev–Trinajstić information content (AvgIpc) is 3.47. The van der Waals surface area contributed by atoms with Gasteiger partial charge in [0.15, 0.2) is 23.0 Å². The molecule has 5 rings (SSSR count). The number of rotatable bonds is 9. The van der Waals surface area contributed by atoms with Gasteiger partial charge in [0.1, 0.15) is 0 Å². The molecule has 0 atom stereocenters. The second-order valence-electron chi connectivity index (χ2n) is 8.87. The number of likely N-dealkylation sites (N-methyl/N-ethyl adjacent to an activating group) is 1. The highest BCUT2D eigenvalue weighted by Crippen LogP contribution is 2.33. The van der Waals surface area contributed by atoms with E-state index < -0.39 is 0 Å². The summed E-state index contributed by atoms with van der Waals surface area (Å²) in [5.41, 5.74) is 4.48. The van der Waals surface area contributed by atoms with Crippen molar-refractivity contribution >= 4 is 34.7 Å². The molecule has 0 bridgehead atoms. The number of amides is 2. The largest absolute Gasteiger partial charge is 0.493 e. The van der Waals surface area contributed by atoms with Gasteiger partial charge in [0.2, 0.25) is 5.91 Å². The van der Waals surface area contributed by atoms with Crippen LogP contribution in [0.5, 0.6) is 11.5 Å². The zero-order valence-corrected chi connectivity index (χ0v) is 22.3. The maximum Gasteiger partial charge on any atom is 0.255 e. The fourth-order valence-corrected chi connectivity index (χ4v) is 4.30. The van der Waals surface area contributed by atoms with Gasteiger partial charge in [-0.3, -0.25) is 9.59 Å². The van der Waals surface area contributed by atoms with Crippen molar-refractivity contribution in [3.63, 3.8) is 0 Å². The Bertz CT molecular complexity index is 1680. The Morgan fingerprint density at radius 3 is 2.45 bits per heavy atom. The van der Waals surface area contributed by atoms with Gasteiger partial charge in [-0.25, -0.2) is 9.97 Å². The summed E-state index contributed by atoms with van der Waals surface area (Å²) in [5, 5.41) is 8.95. The molecule has 0 saturated carbocycles. The van der Waals surface area contributed by atoms with Gasteiger partial charge in [-0.2, -0.15) is 0 Å². The third-order valence-electron chi connectivity index (χ3n) is 6.33. The van der Waals surface area contributed by atoms with E-state index in [0.717, 1.165) is 11.3 Å². The second kappa shape index (κ2) is 11.6. The zero-order chi connectivity index (χ0) is 28.1. The number of nitrogens with one attached hydrogen (secondary N) is 3. The minimum Gasteiger partial charge on any atom is -0.493 e. The van der Waals surface area contributed by atoms with Crippen molar-refractivity contribution in [2.24, 2.45) is 0 Å². The Kier molecular flexibility index (Phi) is 7.58. The summed E-state index contributed by atoms with van der Waals surface area (Å²) in [4.78, 5) is 34.5. The first kappa shape index (κ1) is 26.2. The molecule has 0 spiro atoms. The van der Waals surface area contributed by atoms with Crippen LogP contribution in [0.2, 0.25) is 0 Å². The van der Waals surface area contributed by atoms with Crippen LogP contribution in [0.15, 0.2) is 85.3 Å². The predicted molar refractivity (Wildman–Crippen MR) is 153 cm³/mol.